The summed E-state index contributed by atoms with van der Waals surface area (Å²) in [6, 6.07) is 20.5. The summed E-state index contributed by atoms with van der Waals surface area (Å²) >= 11 is 0. The van der Waals surface area contributed by atoms with Crippen LogP contribution in [0.15, 0.2) is 65.7 Å². The van der Waals surface area contributed by atoms with Gasteiger partial charge in [-0.15, -0.1) is 0 Å². The molecule has 25 heavy (non-hydrogen) atoms. The monoisotopic (exact) mass is 331 g/mol. The Morgan fingerprint density at radius 3 is 2.32 bits per heavy atom. The fraction of sp³-hybridized carbons (Fsp3) is 0.150. The fourth-order valence-electron chi connectivity index (χ4n) is 2.59. The van der Waals surface area contributed by atoms with E-state index in [0.29, 0.717) is 18.5 Å². The lowest BCUT2D eigenvalue weighted by atomic mass is 10.0. The van der Waals surface area contributed by atoms with Gasteiger partial charge in [-0.25, -0.2) is 15.0 Å². The Kier molecular flexibility index (Phi) is 5.04. The van der Waals surface area contributed by atoms with E-state index in [0.717, 1.165) is 22.5 Å². The molecular weight excluding hydrogens is 310 g/mol. The van der Waals surface area contributed by atoms with Crippen molar-refractivity contribution < 1.29 is 0 Å². The predicted octanol–water partition coefficient (Wildman–Crippen LogP) is 3.69. The lowest BCUT2D eigenvalue weighted by Gasteiger charge is -2.07. The largest absolute Gasteiger partial charge is 0.370 e. The van der Waals surface area contributed by atoms with Crippen molar-refractivity contribution >= 4 is 11.9 Å². The summed E-state index contributed by atoms with van der Waals surface area (Å²) in [5, 5.41) is 2.95. The van der Waals surface area contributed by atoms with Gasteiger partial charge in [0, 0.05) is 11.4 Å². The van der Waals surface area contributed by atoms with Gasteiger partial charge in [-0.3, -0.25) is 5.32 Å². The molecule has 1 aromatic heterocycles. The van der Waals surface area contributed by atoms with Gasteiger partial charge >= 0.3 is 0 Å². The Bertz CT molecular complexity index is 867. The van der Waals surface area contributed by atoms with E-state index in [1.54, 1.807) is 0 Å². The first-order valence-corrected chi connectivity index (χ1v) is 8.14. The minimum atomic E-state index is 0.301. The molecule has 0 aliphatic carbocycles. The molecule has 0 fully saturated rings. The van der Waals surface area contributed by atoms with Gasteiger partial charge in [0.25, 0.3) is 0 Å². The first kappa shape index (κ1) is 16.6. The first-order valence-electron chi connectivity index (χ1n) is 8.14. The van der Waals surface area contributed by atoms with Gasteiger partial charge in [0.15, 0.2) is 5.96 Å². The van der Waals surface area contributed by atoms with E-state index in [4.69, 9.17) is 5.73 Å². The van der Waals surface area contributed by atoms with Gasteiger partial charge in [0.1, 0.15) is 0 Å². The third-order valence-electron chi connectivity index (χ3n) is 3.69. The average Bonchev–Trinajstić information content (AvgIpc) is 2.60. The number of anilines is 1. The summed E-state index contributed by atoms with van der Waals surface area (Å²) in [4.78, 5) is 13.0. The number of nitrogens with zero attached hydrogens (tertiary/aromatic N) is 3. The molecule has 5 heteroatoms. The summed E-state index contributed by atoms with van der Waals surface area (Å²) in [7, 11) is 0. The van der Waals surface area contributed by atoms with Gasteiger partial charge in [-0.2, -0.15) is 0 Å². The second-order valence-electron chi connectivity index (χ2n) is 5.87. The Balaban J connectivity index is 1.71. The van der Waals surface area contributed by atoms with Crippen molar-refractivity contribution in [2.75, 3.05) is 5.32 Å². The van der Waals surface area contributed by atoms with E-state index < -0.39 is 0 Å². The zero-order valence-corrected chi connectivity index (χ0v) is 14.4. The van der Waals surface area contributed by atoms with E-state index in [-0.39, 0.29) is 0 Å². The number of aliphatic imine (C=N–C) groups is 1. The maximum atomic E-state index is 5.96. The standard InChI is InChI=1S/C20H21N5/c1-14-11-15(2)24-20(23-14)25-19(21)22-13-16-7-6-10-18(12-16)17-8-4-3-5-9-17/h3-12H,13H2,1-2H3,(H3,21,22,23,24,25). The number of hydrogen-bond acceptors (Lipinski definition) is 3. The molecule has 126 valence electrons. The molecule has 0 saturated heterocycles. The molecule has 1 heterocycles. The second-order valence-corrected chi connectivity index (χ2v) is 5.87. The molecule has 3 rings (SSSR count). The van der Waals surface area contributed by atoms with Crippen LogP contribution in [0.3, 0.4) is 0 Å². The van der Waals surface area contributed by atoms with Crippen LogP contribution in [0.25, 0.3) is 11.1 Å². The van der Waals surface area contributed by atoms with E-state index in [2.05, 4.69) is 44.5 Å². The highest BCUT2D eigenvalue weighted by molar-refractivity contribution is 5.90. The highest BCUT2D eigenvalue weighted by atomic mass is 15.2. The molecule has 3 N–H and O–H groups in total. The van der Waals surface area contributed by atoms with Crippen molar-refractivity contribution in [3.63, 3.8) is 0 Å². The van der Waals surface area contributed by atoms with Crippen LogP contribution in [0.1, 0.15) is 17.0 Å². The van der Waals surface area contributed by atoms with Gasteiger partial charge in [0.2, 0.25) is 5.95 Å². The normalized spacial score (nSPS) is 11.4. The summed E-state index contributed by atoms with van der Waals surface area (Å²) < 4.78 is 0. The zero-order valence-electron chi connectivity index (χ0n) is 14.4. The van der Waals surface area contributed by atoms with Crippen LogP contribution in [-0.4, -0.2) is 15.9 Å². The van der Waals surface area contributed by atoms with Crippen LogP contribution in [0.5, 0.6) is 0 Å². The Hall–Kier alpha value is -3.21. The highest BCUT2D eigenvalue weighted by Crippen LogP contribution is 2.20. The Morgan fingerprint density at radius 1 is 0.920 bits per heavy atom. The van der Waals surface area contributed by atoms with Crippen LogP contribution in [0.4, 0.5) is 5.95 Å². The molecule has 0 aliphatic heterocycles. The van der Waals surface area contributed by atoms with Crippen molar-refractivity contribution in [3.05, 3.63) is 77.6 Å². The SMILES string of the molecule is Cc1cc(C)nc(NC(N)=NCc2cccc(-c3ccccc3)c2)n1. The molecular formula is C20H21N5. The highest BCUT2D eigenvalue weighted by Gasteiger charge is 2.02. The van der Waals surface area contributed by atoms with E-state index in [1.807, 2.05) is 50.2 Å². The molecule has 0 unspecified atom stereocenters. The molecule has 0 radical (unpaired) electrons. The summed E-state index contributed by atoms with van der Waals surface area (Å²) in [6.45, 7) is 4.33. The first-order chi connectivity index (χ1) is 12.1. The number of hydrogen-bond donors (Lipinski definition) is 2. The molecule has 0 bridgehead atoms. The summed E-state index contributed by atoms with van der Waals surface area (Å²) in [5.74, 6) is 0.770. The molecule has 0 amide bonds. The quantitative estimate of drug-likeness (QED) is 0.565. The minimum absolute atomic E-state index is 0.301. The van der Waals surface area contributed by atoms with Crippen molar-refractivity contribution in [1.82, 2.24) is 9.97 Å². The molecule has 0 spiro atoms. The predicted molar refractivity (Wildman–Crippen MR) is 102 cm³/mol. The fourth-order valence-corrected chi connectivity index (χ4v) is 2.59. The van der Waals surface area contributed by atoms with Crippen LogP contribution in [-0.2, 0) is 6.54 Å². The lowest BCUT2D eigenvalue weighted by molar-refractivity contribution is 1.04. The van der Waals surface area contributed by atoms with E-state index in [1.165, 1.54) is 5.56 Å². The summed E-state index contributed by atoms with van der Waals surface area (Å²) in [5.41, 5.74) is 11.2. The number of aryl methyl sites for hydroxylation is 2. The van der Waals surface area contributed by atoms with E-state index >= 15 is 0 Å². The van der Waals surface area contributed by atoms with Crippen LogP contribution in [0, 0.1) is 13.8 Å². The number of nitrogens with two attached hydrogens (primary N) is 1. The summed E-state index contributed by atoms with van der Waals surface area (Å²) in [6.07, 6.45) is 0. The maximum absolute atomic E-state index is 5.96. The van der Waals surface area contributed by atoms with Gasteiger partial charge in [0.05, 0.1) is 6.54 Å². The van der Waals surface area contributed by atoms with E-state index in [9.17, 15) is 0 Å². The van der Waals surface area contributed by atoms with Crippen molar-refractivity contribution in [2.45, 2.75) is 20.4 Å². The zero-order chi connectivity index (χ0) is 17.6. The second kappa shape index (κ2) is 7.57. The Labute approximate surface area is 147 Å². The van der Waals surface area contributed by atoms with Gasteiger partial charge in [-0.05, 0) is 42.7 Å². The van der Waals surface area contributed by atoms with Crippen molar-refractivity contribution in [1.29, 1.82) is 0 Å². The molecule has 0 aliphatic rings. The van der Waals surface area contributed by atoms with Crippen LogP contribution < -0.4 is 11.1 Å². The molecule has 5 nitrogen and oxygen atoms in total. The molecule has 0 atom stereocenters. The van der Waals surface area contributed by atoms with Crippen LogP contribution in [0.2, 0.25) is 0 Å². The van der Waals surface area contributed by atoms with Gasteiger partial charge < -0.3 is 5.73 Å². The molecule has 2 aromatic carbocycles. The lowest BCUT2D eigenvalue weighted by Crippen LogP contribution is -2.24. The van der Waals surface area contributed by atoms with Gasteiger partial charge in [-0.1, -0.05) is 48.5 Å². The molecule has 3 aromatic rings. The Morgan fingerprint density at radius 2 is 1.60 bits per heavy atom. The third-order valence-corrected chi connectivity index (χ3v) is 3.69. The topological polar surface area (TPSA) is 76.2 Å². The number of rotatable bonds is 4. The van der Waals surface area contributed by atoms with Crippen molar-refractivity contribution in [2.24, 2.45) is 10.7 Å². The number of guanidine groups is 1. The smallest absolute Gasteiger partial charge is 0.229 e. The minimum Gasteiger partial charge on any atom is -0.370 e. The van der Waals surface area contributed by atoms with Crippen molar-refractivity contribution in [3.8, 4) is 11.1 Å². The van der Waals surface area contributed by atoms with Crippen LogP contribution >= 0.6 is 0 Å². The maximum Gasteiger partial charge on any atom is 0.229 e. The number of benzene rings is 2. The molecule has 0 saturated carbocycles. The third kappa shape index (κ3) is 4.64. The number of nitrogens with one attached hydrogen (secondary N) is 1. The number of aromatic nitrogens is 2. The average molecular weight is 331 g/mol.